The van der Waals surface area contributed by atoms with Crippen molar-refractivity contribution in [1.82, 2.24) is 9.88 Å². The third kappa shape index (κ3) is 2.47. The largest absolute Gasteiger partial charge is 0.477 e. The molecular weight excluding hydrogens is 236 g/mol. The van der Waals surface area contributed by atoms with E-state index in [4.69, 9.17) is 9.84 Å². The molecule has 2 heterocycles. The lowest BCUT2D eigenvalue weighted by Crippen LogP contribution is -2.33. The Hall–Kier alpha value is -1.98. The van der Waals surface area contributed by atoms with Crippen LogP contribution in [0.2, 0.25) is 0 Å². The number of hydrogen-bond donors (Lipinski definition) is 2. The molecule has 0 spiro atoms. The van der Waals surface area contributed by atoms with Crippen LogP contribution in [0.25, 0.3) is 0 Å². The molecule has 1 aromatic heterocycles. The maximum atomic E-state index is 11.8. The number of carbonyl (C=O) groups excluding carboxylic acids is 1. The number of amides is 1. The van der Waals surface area contributed by atoms with Crippen molar-refractivity contribution in [1.29, 1.82) is 0 Å². The highest BCUT2D eigenvalue weighted by Crippen LogP contribution is 2.25. The second-order valence-electron chi connectivity index (χ2n) is 5.33. The lowest BCUT2D eigenvalue weighted by Gasteiger charge is -2.24. The predicted molar refractivity (Wildman–Crippen MR) is 63.2 cm³/mol. The molecule has 1 aromatic rings. The normalized spacial score (nSPS) is 14.5. The van der Waals surface area contributed by atoms with Gasteiger partial charge in [0.2, 0.25) is 0 Å². The van der Waals surface area contributed by atoms with E-state index in [2.05, 4.69) is 4.98 Å². The van der Waals surface area contributed by atoms with Crippen LogP contribution in [-0.2, 0) is 17.8 Å². The third-order valence-corrected chi connectivity index (χ3v) is 2.58. The van der Waals surface area contributed by atoms with E-state index < -0.39 is 11.6 Å². The highest BCUT2D eigenvalue weighted by Gasteiger charge is 2.29. The van der Waals surface area contributed by atoms with Gasteiger partial charge in [0.15, 0.2) is 0 Å². The number of aromatic amines is 1. The highest BCUT2D eigenvalue weighted by molar-refractivity contribution is 5.86. The van der Waals surface area contributed by atoms with E-state index in [0.717, 1.165) is 11.3 Å². The van der Waals surface area contributed by atoms with Gasteiger partial charge in [-0.3, -0.25) is 4.90 Å². The molecule has 0 bridgehead atoms. The van der Waals surface area contributed by atoms with Crippen molar-refractivity contribution in [3.8, 4) is 0 Å². The van der Waals surface area contributed by atoms with Gasteiger partial charge in [0.05, 0.1) is 13.1 Å². The molecule has 2 N–H and O–H groups in total. The van der Waals surface area contributed by atoms with E-state index in [9.17, 15) is 9.59 Å². The average Bonchev–Trinajstić information content (AvgIpc) is 2.69. The van der Waals surface area contributed by atoms with Gasteiger partial charge in [-0.1, -0.05) is 0 Å². The summed E-state index contributed by atoms with van der Waals surface area (Å²) in [5.74, 6) is -0.992. The Labute approximate surface area is 105 Å². The molecule has 0 saturated carbocycles. The first-order chi connectivity index (χ1) is 8.26. The number of carbonyl (C=O) groups is 2. The van der Waals surface area contributed by atoms with Crippen LogP contribution in [0.15, 0.2) is 6.07 Å². The van der Waals surface area contributed by atoms with Gasteiger partial charge < -0.3 is 14.8 Å². The summed E-state index contributed by atoms with van der Waals surface area (Å²) in [7, 11) is 0. The van der Waals surface area contributed by atoms with Crippen LogP contribution in [0.3, 0.4) is 0 Å². The number of rotatable bonds is 1. The number of aromatic carboxylic acids is 1. The van der Waals surface area contributed by atoms with Crippen LogP contribution in [0.4, 0.5) is 4.79 Å². The average molecular weight is 252 g/mol. The quantitative estimate of drug-likeness (QED) is 0.800. The van der Waals surface area contributed by atoms with Crippen molar-refractivity contribution in [3.05, 3.63) is 23.0 Å². The molecule has 18 heavy (non-hydrogen) atoms. The van der Waals surface area contributed by atoms with Gasteiger partial charge in [-0.05, 0) is 32.4 Å². The Bertz CT molecular complexity index is 475. The van der Waals surface area contributed by atoms with Crippen LogP contribution in [0, 0.1) is 0 Å². The molecule has 0 atom stereocenters. The summed E-state index contributed by atoms with van der Waals surface area (Å²) in [6.07, 6.45) is -0.385. The van der Waals surface area contributed by atoms with Gasteiger partial charge >= 0.3 is 12.1 Å². The molecule has 2 rings (SSSR count). The van der Waals surface area contributed by atoms with Gasteiger partial charge in [-0.2, -0.15) is 0 Å². The molecular formula is C12H16N2O4. The summed E-state index contributed by atoms with van der Waals surface area (Å²) < 4.78 is 5.26. The zero-order valence-electron chi connectivity index (χ0n) is 10.6. The number of aromatic nitrogens is 1. The first kappa shape index (κ1) is 12.5. The topological polar surface area (TPSA) is 82.6 Å². The first-order valence-corrected chi connectivity index (χ1v) is 5.68. The Morgan fingerprint density at radius 2 is 2.06 bits per heavy atom. The van der Waals surface area contributed by atoms with Crippen LogP contribution in [0.5, 0.6) is 0 Å². The molecule has 0 aromatic carbocycles. The van der Waals surface area contributed by atoms with Crippen LogP contribution in [-0.4, -0.2) is 32.7 Å². The van der Waals surface area contributed by atoms with Crippen molar-refractivity contribution in [2.45, 2.75) is 39.5 Å². The molecule has 0 radical (unpaired) electrons. The maximum Gasteiger partial charge on any atom is 0.410 e. The van der Waals surface area contributed by atoms with Crippen molar-refractivity contribution in [2.24, 2.45) is 0 Å². The number of ether oxygens (including phenoxy) is 1. The first-order valence-electron chi connectivity index (χ1n) is 5.68. The fourth-order valence-electron chi connectivity index (χ4n) is 1.85. The Morgan fingerprint density at radius 1 is 1.39 bits per heavy atom. The summed E-state index contributed by atoms with van der Waals surface area (Å²) in [5.41, 5.74) is 1.22. The molecule has 1 aliphatic rings. The van der Waals surface area contributed by atoms with Crippen molar-refractivity contribution >= 4 is 12.1 Å². The number of nitrogens with one attached hydrogen (secondary N) is 1. The molecule has 6 nitrogen and oxygen atoms in total. The summed E-state index contributed by atoms with van der Waals surface area (Å²) in [5, 5.41) is 8.83. The molecule has 0 unspecified atom stereocenters. The zero-order chi connectivity index (χ0) is 13.5. The third-order valence-electron chi connectivity index (χ3n) is 2.58. The summed E-state index contributed by atoms with van der Waals surface area (Å²) in [6, 6.07) is 1.56. The van der Waals surface area contributed by atoms with Gasteiger partial charge in [-0.15, -0.1) is 0 Å². The molecule has 6 heteroatoms. The molecule has 1 amide bonds. The molecule has 0 saturated heterocycles. The molecule has 1 aliphatic heterocycles. The predicted octanol–water partition coefficient (Wildman–Crippen LogP) is 1.96. The van der Waals surface area contributed by atoms with Gasteiger partial charge in [0.25, 0.3) is 0 Å². The van der Waals surface area contributed by atoms with Crippen LogP contribution >= 0.6 is 0 Å². The van der Waals surface area contributed by atoms with E-state index in [1.54, 1.807) is 6.07 Å². The lowest BCUT2D eigenvalue weighted by molar-refractivity contribution is 0.0240. The van der Waals surface area contributed by atoms with Crippen molar-refractivity contribution in [2.75, 3.05) is 0 Å². The van der Waals surface area contributed by atoms with Crippen LogP contribution < -0.4 is 0 Å². The number of H-pyrrole nitrogens is 1. The van der Waals surface area contributed by atoms with Gasteiger partial charge in [-0.25, -0.2) is 9.59 Å². The minimum absolute atomic E-state index is 0.156. The molecule has 98 valence electrons. The lowest BCUT2D eigenvalue weighted by atomic mass is 10.2. The van der Waals surface area contributed by atoms with E-state index in [1.165, 1.54) is 4.90 Å². The van der Waals surface area contributed by atoms with E-state index in [0.29, 0.717) is 13.1 Å². The van der Waals surface area contributed by atoms with E-state index in [1.807, 2.05) is 20.8 Å². The Morgan fingerprint density at radius 3 is 2.56 bits per heavy atom. The van der Waals surface area contributed by atoms with E-state index in [-0.39, 0.29) is 11.8 Å². The summed E-state index contributed by atoms with van der Waals surface area (Å²) >= 11 is 0. The minimum atomic E-state index is -0.992. The second kappa shape index (κ2) is 4.04. The fourth-order valence-corrected chi connectivity index (χ4v) is 1.85. The smallest absolute Gasteiger partial charge is 0.410 e. The zero-order valence-corrected chi connectivity index (χ0v) is 10.6. The monoisotopic (exact) mass is 252 g/mol. The Balaban J connectivity index is 2.04. The SMILES string of the molecule is CC(C)(C)OC(=O)N1Cc2cc(C(=O)O)[nH]c2C1. The van der Waals surface area contributed by atoms with Crippen molar-refractivity contribution < 1.29 is 19.4 Å². The number of nitrogens with zero attached hydrogens (tertiary/aromatic N) is 1. The standard InChI is InChI=1S/C12H16N2O4/c1-12(2,3)18-11(17)14-5-7-4-8(10(15)16)13-9(7)6-14/h4,13H,5-6H2,1-3H3,(H,15,16). The molecule has 0 aliphatic carbocycles. The van der Waals surface area contributed by atoms with Gasteiger partial charge in [0, 0.05) is 5.69 Å². The van der Waals surface area contributed by atoms with E-state index >= 15 is 0 Å². The molecule has 0 fully saturated rings. The minimum Gasteiger partial charge on any atom is -0.477 e. The fraction of sp³-hybridized carbons (Fsp3) is 0.500. The number of fused-ring (bicyclic) bond motifs is 1. The second-order valence-corrected chi connectivity index (χ2v) is 5.33. The number of carboxylic acid groups (broad SMARTS) is 1. The van der Waals surface area contributed by atoms with Gasteiger partial charge in [0.1, 0.15) is 11.3 Å². The number of hydrogen-bond acceptors (Lipinski definition) is 3. The Kier molecular flexibility index (Phi) is 2.80. The van der Waals surface area contributed by atoms with Crippen molar-refractivity contribution in [3.63, 3.8) is 0 Å². The highest BCUT2D eigenvalue weighted by atomic mass is 16.6. The number of carboxylic acids is 1. The maximum absolute atomic E-state index is 11.8. The summed E-state index contributed by atoms with van der Waals surface area (Å²) in [6.45, 7) is 6.17. The summed E-state index contributed by atoms with van der Waals surface area (Å²) in [4.78, 5) is 26.9. The van der Waals surface area contributed by atoms with Crippen LogP contribution in [0.1, 0.15) is 42.5 Å².